The number of nitrogens with zero attached hydrogens (tertiary/aromatic N) is 3. The third kappa shape index (κ3) is 5.63. The van der Waals surface area contributed by atoms with Gasteiger partial charge in [-0.2, -0.15) is 0 Å². The van der Waals surface area contributed by atoms with E-state index in [2.05, 4.69) is 184 Å². The zero-order valence-corrected chi connectivity index (χ0v) is 33.4. The SMILES string of the molecule is CC1Cc2c3c(n(C4N=C(c5ccc(-c6cccc(C7(C)C=CC=CC7)c6)cc5)C=CN4C)c2CC1C)C(C)C(c1cccc2c1sc1ccccc12)C=C3. The van der Waals surface area contributed by atoms with Crippen LogP contribution < -0.4 is 0 Å². The summed E-state index contributed by atoms with van der Waals surface area (Å²) < 4.78 is 5.45. The van der Waals surface area contributed by atoms with E-state index in [0.717, 1.165) is 30.5 Å². The Morgan fingerprint density at radius 2 is 1.56 bits per heavy atom. The van der Waals surface area contributed by atoms with Gasteiger partial charge in [0.25, 0.3) is 0 Å². The third-order valence-corrected chi connectivity index (χ3v) is 14.6. The van der Waals surface area contributed by atoms with Crippen LogP contribution in [0.3, 0.4) is 0 Å². The summed E-state index contributed by atoms with van der Waals surface area (Å²) in [6.07, 6.45) is 21.4. The number of benzene rings is 4. The number of fused-ring (bicyclic) bond motifs is 6. The summed E-state index contributed by atoms with van der Waals surface area (Å²) in [6, 6.07) is 34.0. The standard InChI is InChI=1S/C51H49N3S/c1-32-29-44-41-24-23-39(42-16-12-17-43-40-15-7-8-18-47(40)55-49(42)43)34(3)48(41)54(46(44)30-33(32)2)50-52-45(25-28-53(50)5)36-21-19-35(20-22-36)37-13-11-14-38(31-37)51(4)26-9-6-10-27-51/h6-26,28,31-34,39,50H,27,29-30H2,1-5H3. The highest BCUT2D eigenvalue weighted by Crippen LogP contribution is 2.50. The fourth-order valence-electron chi connectivity index (χ4n) is 9.83. The molecule has 10 rings (SSSR count). The van der Waals surface area contributed by atoms with Crippen LogP contribution in [0.1, 0.15) is 91.4 Å². The molecule has 0 amide bonds. The normalized spacial score (nSPS) is 25.7. The van der Waals surface area contributed by atoms with Crippen LogP contribution in [0.15, 0.2) is 139 Å². The van der Waals surface area contributed by atoms with Crippen LogP contribution in [0.4, 0.5) is 0 Å². The van der Waals surface area contributed by atoms with Gasteiger partial charge in [-0.15, -0.1) is 11.3 Å². The van der Waals surface area contributed by atoms with Gasteiger partial charge in [0.15, 0.2) is 0 Å². The molecule has 6 atom stereocenters. The number of hydrogen-bond donors (Lipinski definition) is 0. The topological polar surface area (TPSA) is 20.5 Å². The lowest BCUT2D eigenvalue weighted by Crippen LogP contribution is -2.32. The largest absolute Gasteiger partial charge is 0.342 e. The van der Waals surface area contributed by atoms with Crippen molar-refractivity contribution >= 4 is 43.3 Å². The van der Waals surface area contributed by atoms with E-state index in [0.29, 0.717) is 17.8 Å². The van der Waals surface area contributed by atoms with Gasteiger partial charge in [-0.25, -0.2) is 4.99 Å². The molecule has 0 saturated heterocycles. The summed E-state index contributed by atoms with van der Waals surface area (Å²) >= 11 is 1.95. The van der Waals surface area contributed by atoms with Crippen LogP contribution in [0.25, 0.3) is 37.4 Å². The Balaban J connectivity index is 1.03. The predicted octanol–water partition coefficient (Wildman–Crippen LogP) is 13.0. The highest BCUT2D eigenvalue weighted by molar-refractivity contribution is 7.26. The van der Waals surface area contributed by atoms with Crippen molar-refractivity contribution in [2.75, 3.05) is 7.05 Å². The van der Waals surface area contributed by atoms with Crippen molar-refractivity contribution in [3.63, 3.8) is 0 Å². The smallest absolute Gasteiger partial charge is 0.202 e. The molecule has 6 aromatic rings. The summed E-state index contributed by atoms with van der Waals surface area (Å²) in [4.78, 5) is 7.93. The zero-order valence-electron chi connectivity index (χ0n) is 32.5. The Labute approximate surface area is 329 Å². The summed E-state index contributed by atoms with van der Waals surface area (Å²) in [5.41, 5.74) is 13.4. The van der Waals surface area contributed by atoms with Gasteiger partial charge in [-0.3, -0.25) is 0 Å². The lowest BCUT2D eigenvalue weighted by atomic mass is 9.76. The first-order valence-electron chi connectivity index (χ1n) is 20.2. The van der Waals surface area contributed by atoms with E-state index in [-0.39, 0.29) is 17.6 Å². The van der Waals surface area contributed by atoms with E-state index in [9.17, 15) is 0 Å². The second kappa shape index (κ2) is 13.2. The molecule has 4 aromatic carbocycles. The molecule has 2 aromatic heterocycles. The number of rotatable bonds is 5. The van der Waals surface area contributed by atoms with Crippen molar-refractivity contribution in [3.8, 4) is 11.1 Å². The van der Waals surface area contributed by atoms with E-state index in [1.807, 2.05) is 11.3 Å². The highest BCUT2D eigenvalue weighted by atomic mass is 32.1. The Bertz CT molecular complexity index is 2630. The molecule has 6 unspecified atom stereocenters. The van der Waals surface area contributed by atoms with Crippen molar-refractivity contribution < 1.29 is 0 Å². The fourth-order valence-corrected chi connectivity index (χ4v) is 11.1. The van der Waals surface area contributed by atoms with Crippen LogP contribution in [0.2, 0.25) is 0 Å². The summed E-state index contributed by atoms with van der Waals surface area (Å²) in [5, 5.41) is 2.74. The number of thiophene rings is 1. The van der Waals surface area contributed by atoms with Crippen molar-refractivity contribution in [1.82, 2.24) is 9.47 Å². The van der Waals surface area contributed by atoms with E-state index in [1.165, 1.54) is 59.4 Å². The third-order valence-electron chi connectivity index (χ3n) is 13.4. The number of aliphatic imine (C=N–C) groups is 1. The maximum atomic E-state index is 5.62. The van der Waals surface area contributed by atoms with Gasteiger partial charge in [0, 0.05) is 62.1 Å². The molecule has 0 radical (unpaired) electrons. The Hall–Kier alpha value is -5.19. The molecular weight excluding hydrogens is 687 g/mol. The Morgan fingerprint density at radius 1 is 0.782 bits per heavy atom. The molecular formula is C51H49N3S. The summed E-state index contributed by atoms with van der Waals surface area (Å²) in [5.74, 6) is 1.85. The highest BCUT2D eigenvalue weighted by Gasteiger charge is 2.39. The molecule has 274 valence electrons. The van der Waals surface area contributed by atoms with Crippen LogP contribution >= 0.6 is 11.3 Å². The molecule has 0 N–H and O–H groups in total. The average molecular weight is 736 g/mol. The Morgan fingerprint density at radius 3 is 2.40 bits per heavy atom. The molecule has 4 heteroatoms. The van der Waals surface area contributed by atoms with Gasteiger partial charge in [-0.1, -0.05) is 149 Å². The van der Waals surface area contributed by atoms with E-state index in [1.54, 1.807) is 5.56 Å². The molecule has 0 bridgehead atoms. The molecule has 0 fully saturated rings. The Kier molecular flexibility index (Phi) is 8.26. The van der Waals surface area contributed by atoms with Crippen LogP contribution in [-0.2, 0) is 18.3 Å². The van der Waals surface area contributed by atoms with Gasteiger partial charge in [0.1, 0.15) is 0 Å². The van der Waals surface area contributed by atoms with E-state index >= 15 is 0 Å². The van der Waals surface area contributed by atoms with Gasteiger partial charge >= 0.3 is 0 Å². The van der Waals surface area contributed by atoms with Crippen molar-refractivity contribution in [2.24, 2.45) is 16.8 Å². The predicted molar refractivity (Wildman–Crippen MR) is 234 cm³/mol. The monoisotopic (exact) mass is 735 g/mol. The minimum Gasteiger partial charge on any atom is -0.342 e. The molecule has 1 aliphatic heterocycles. The fraction of sp³-hybridized carbons (Fsp3) is 0.275. The van der Waals surface area contributed by atoms with Crippen LogP contribution in [0.5, 0.6) is 0 Å². The first-order valence-corrected chi connectivity index (χ1v) is 21.0. The second-order valence-electron chi connectivity index (χ2n) is 16.9. The molecule has 0 spiro atoms. The molecule has 3 nitrogen and oxygen atoms in total. The second-order valence-corrected chi connectivity index (χ2v) is 17.9. The maximum absolute atomic E-state index is 5.62. The molecule has 0 saturated carbocycles. The van der Waals surface area contributed by atoms with E-state index in [4.69, 9.17) is 4.99 Å². The van der Waals surface area contributed by atoms with Crippen LogP contribution in [0, 0.1) is 11.8 Å². The van der Waals surface area contributed by atoms with Gasteiger partial charge in [-0.05, 0) is 82.2 Å². The van der Waals surface area contributed by atoms with Crippen molar-refractivity contribution in [2.45, 2.75) is 70.5 Å². The van der Waals surface area contributed by atoms with Gasteiger partial charge < -0.3 is 9.47 Å². The molecule has 3 heterocycles. The quantitative estimate of drug-likeness (QED) is 0.173. The molecule has 4 aliphatic rings. The van der Waals surface area contributed by atoms with E-state index < -0.39 is 0 Å². The number of aromatic nitrogens is 1. The number of allylic oxidation sites excluding steroid dienone is 6. The van der Waals surface area contributed by atoms with Gasteiger partial charge in [0.05, 0.1) is 5.71 Å². The first-order chi connectivity index (χ1) is 26.8. The first kappa shape index (κ1) is 34.3. The average Bonchev–Trinajstić information content (AvgIpc) is 3.75. The lowest BCUT2D eigenvalue weighted by Gasteiger charge is -2.36. The van der Waals surface area contributed by atoms with Gasteiger partial charge in [0.2, 0.25) is 6.29 Å². The van der Waals surface area contributed by atoms with Crippen molar-refractivity contribution in [3.05, 3.63) is 173 Å². The number of hydrogen-bond acceptors (Lipinski definition) is 3. The van der Waals surface area contributed by atoms with Crippen molar-refractivity contribution in [1.29, 1.82) is 0 Å². The molecule has 55 heavy (non-hydrogen) atoms. The van der Waals surface area contributed by atoms with Crippen LogP contribution in [-0.4, -0.2) is 22.2 Å². The minimum absolute atomic E-state index is 0.0271. The summed E-state index contributed by atoms with van der Waals surface area (Å²) in [6.45, 7) is 9.68. The molecule has 3 aliphatic carbocycles. The maximum Gasteiger partial charge on any atom is 0.202 e. The minimum atomic E-state index is -0.150. The summed E-state index contributed by atoms with van der Waals surface area (Å²) in [7, 11) is 2.20. The zero-order chi connectivity index (χ0) is 37.4. The lowest BCUT2D eigenvalue weighted by molar-refractivity contribution is 0.233.